The quantitative estimate of drug-likeness (QED) is 0.392. The summed E-state index contributed by atoms with van der Waals surface area (Å²) in [5, 5.41) is 4.37. The largest absolute Gasteiger partial charge is 0.366 e. The number of aliphatic imine (C=N–C) groups is 1. The van der Waals surface area contributed by atoms with E-state index in [1.807, 2.05) is 11.8 Å². The van der Waals surface area contributed by atoms with E-state index in [4.69, 9.17) is 0 Å². The van der Waals surface area contributed by atoms with Gasteiger partial charge in [0.15, 0.2) is 5.96 Å². The lowest BCUT2D eigenvalue weighted by molar-refractivity contribution is 0.370. The summed E-state index contributed by atoms with van der Waals surface area (Å²) in [6.45, 7) is 7.29. The molecule has 0 radical (unpaired) electrons. The van der Waals surface area contributed by atoms with Gasteiger partial charge in [-0.25, -0.2) is 13.8 Å². The van der Waals surface area contributed by atoms with Crippen molar-refractivity contribution in [1.82, 2.24) is 15.2 Å². The van der Waals surface area contributed by atoms with Gasteiger partial charge in [-0.15, -0.1) is 35.3 Å². The molecule has 0 saturated carbocycles. The molecule has 1 saturated heterocycles. The lowest BCUT2D eigenvalue weighted by Crippen LogP contribution is -2.52. The normalized spacial score (nSPS) is 14.9. The van der Waals surface area contributed by atoms with Crippen molar-refractivity contribution in [3.05, 3.63) is 45.4 Å². The van der Waals surface area contributed by atoms with Gasteiger partial charge in [0.25, 0.3) is 0 Å². The zero-order valence-corrected chi connectivity index (χ0v) is 18.8. The second-order valence-electron chi connectivity index (χ2n) is 6.22. The minimum Gasteiger partial charge on any atom is -0.366 e. The topological polar surface area (TPSA) is 43.8 Å². The van der Waals surface area contributed by atoms with Crippen molar-refractivity contribution in [3.63, 3.8) is 0 Å². The molecule has 0 spiro atoms. The maximum Gasteiger partial charge on any atom is 0.194 e. The highest BCUT2D eigenvalue weighted by Crippen LogP contribution is 2.22. The molecule has 0 aliphatic carbocycles. The van der Waals surface area contributed by atoms with Gasteiger partial charge in [0.05, 0.1) is 17.9 Å². The second-order valence-corrected chi connectivity index (χ2v) is 7.51. The van der Waals surface area contributed by atoms with Gasteiger partial charge in [0.1, 0.15) is 16.6 Å². The third-order valence-electron chi connectivity index (χ3n) is 4.51. The van der Waals surface area contributed by atoms with E-state index in [2.05, 4.69) is 27.1 Å². The fraction of sp³-hybridized carbons (Fsp3) is 0.444. The molecule has 2 aromatic rings. The van der Waals surface area contributed by atoms with Crippen LogP contribution in [0, 0.1) is 25.5 Å². The minimum atomic E-state index is -0.421. The number of hydrogen-bond acceptors (Lipinski definition) is 4. The Morgan fingerprint density at radius 3 is 2.52 bits per heavy atom. The van der Waals surface area contributed by atoms with Gasteiger partial charge in [-0.3, -0.25) is 4.99 Å². The van der Waals surface area contributed by atoms with Crippen molar-refractivity contribution in [3.8, 4) is 0 Å². The third-order valence-corrected chi connectivity index (χ3v) is 5.58. The van der Waals surface area contributed by atoms with Crippen LogP contribution in [0.1, 0.15) is 15.6 Å². The first-order chi connectivity index (χ1) is 12.5. The summed E-state index contributed by atoms with van der Waals surface area (Å²) >= 11 is 1.68. The SMILES string of the molecule is CN=C(NCc1nc(C)c(C)s1)N1CCN(c2cc(F)ccc2F)CC1.I. The first-order valence-corrected chi connectivity index (χ1v) is 9.38. The molecular weight excluding hydrogens is 483 g/mol. The predicted octanol–water partition coefficient (Wildman–Crippen LogP) is 3.55. The number of nitrogens with one attached hydrogen (secondary N) is 1. The molecule has 1 N–H and O–H groups in total. The highest BCUT2D eigenvalue weighted by atomic mass is 127. The number of hydrogen-bond donors (Lipinski definition) is 1. The van der Waals surface area contributed by atoms with Gasteiger partial charge >= 0.3 is 0 Å². The summed E-state index contributed by atoms with van der Waals surface area (Å²) in [7, 11) is 1.75. The summed E-state index contributed by atoms with van der Waals surface area (Å²) in [4.78, 5) is 14.1. The summed E-state index contributed by atoms with van der Waals surface area (Å²) in [5.41, 5.74) is 1.38. The number of piperazine rings is 1. The molecule has 1 fully saturated rings. The number of anilines is 1. The van der Waals surface area contributed by atoms with E-state index < -0.39 is 11.6 Å². The van der Waals surface area contributed by atoms with Crippen molar-refractivity contribution in [2.45, 2.75) is 20.4 Å². The smallest absolute Gasteiger partial charge is 0.194 e. The number of rotatable bonds is 3. The lowest BCUT2D eigenvalue weighted by Gasteiger charge is -2.37. The van der Waals surface area contributed by atoms with Crippen molar-refractivity contribution >= 4 is 47.0 Å². The van der Waals surface area contributed by atoms with Crippen LogP contribution in [0.4, 0.5) is 14.5 Å². The molecule has 0 amide bonds. The van der Waals surface area contributed by atoms with Gasteiger partial charge in [0, 0.05) is 44.2 Å². The molecule has 1 aromatic carbocycles. The van der Waals surface area contributed by atoms with Crippen molar-refractivity contribution in [1.29, 1.82) is 0 Å². The molecule has 2 heterocycles. The summed E-state index contributed by atoms with van der Waals surface area (Å²) in [6.07, 6.45) is 0. The van der Waals surface area contributed by atoms with Crippen LogP contribution in [0.3, 0.4) is 0 Å². The Kier molecular flexibility index (Phi) is 7.78. The number of nitrogens with zero attached hydrogens (tertiary/aromatic N) is 4. The lowest BCUT2D eigenvalue weighted by atomic mass is 10.2. The number of thiazole rings is 1. The summed E-state index contributed by atoms with van der Waals surface area (Å²) in [6, 6.07) is 3.57. The van der Waals surface area contributed by atoms with E-state index in [0.717, 1.165) is 22.7 Å². The first-order valence-electron chi connectivity index (χ1n) is 8.56. The van der Waals surface area contributed by atoms with Crippen LogP contribution in [0.2, 0.25) is 0 Å². The van der Waals surface area contributed by atoms with Gasteiger partial charge in [0.2, 0.25) is 0 Å². The van der Waals surface area contributed by atoms with E-state index in [-0.39, 0.29) is 24.0 Å². The standard InChI is InChI=1S/C18H23F2N5S.HI/c1-12-13(2)26-17(23-12)11-22-18(21-3)25-8-6-24(7-9-25)16-10-14(19)4-5-15(16)20;/h4-5,10H,6-9,11H2,1-3H3,(H,21,22);1H. The van der Waals surface area contributed by atoms with Gasteiger partial charge in [-0.2, -0.15) is 0 Å². The number of guanidine groups is 1. The van der Waals surface area contributed by atoms with Crippen LogP contribution in [-0.4, -0.2) is 49.1 Å². The van der Waals surface area contributed by atoms with Crippen LogP contribution >= 0.6 is 35.3 Å². The van der Waals surface area contributed by atoms with E-state index in [1.54, 1.807) is 18.4 Å². The van der Waals surface area contributed by atoms with Gasteiger partial charge in [-0.05, 0) is 26.0 Å². The van der Waals surface area contributed by atoms with Crippen molar-refractivity contribution < 1.29 is 8.78 Å². The van der Waals surface area contributed by atoms with Crippen molar-refractivity contribution in [2.24, 2.45) is 4.99 Å². The van der Waals surface area contributed by atoms with Crippen LogP contribution < -0.4 is 10.2 Å². The van der Waals surface area contributed by atoms with Crippen LogP contribution in [-0.2, 0) is 6.54 Å². The molecule has 0 atom stereocenters. The van der Waals surface area contributed by atoms with E-state index >= 15 is 0 Å². The Bertz CT molecular complexity index is 784. The summed E-state index contributed by atoms with van der Waals surface area (Å²) < 4.78 is 27.4. The number of aryl methyl sites for hydroxylation is 2. The number of benzene rings is 1. The maximum atomic E-state index is 14.0. The average Bonchev–Trinajstić information content (AvgIpc) is 2.96. The Balaban J connectivity index is 0.00000261. The fourth-order valence-electron chi connectivity index (χ4n) is 2.99. The van der Waals surface area contributed by atoms with Crippen molar-refractivity contribution in [2.75, 3.05) is 38.1 Å². The minimum absolute atomic E-state index is 0. The fourth-order valence-corrected chi connectivity index (χ4v) is 3.86. The third kappa shape index (κ3) is 5.28. The molecule has 0 unspecified atom stereocenters. The molecule has 0 bridgehead atoms. The van der Waals surface area contributed by atoms with E-state index in [0.29, 0.717) is 38.4 Å². The van der Waals surface area contributed by atoms with Crippen LogP contribution in [0.5, 0.6) is 0 Å². The van der Waals surface area contributed by atoms with Gasteiger partial charge in [-0.1, -0.05) is 0 Å². The molecule has 3 rings (SSSR count). The second kappa shape index (κ2) is 9.63. The molecule has 148 valence electrons. The monoisotopic (exact) mass is 507 g/mol. The molecule has 5 nitrogen and oxygen atoms in total. The maximum absolute atomic E-state index is 14.0. The average molecular weight is 507 g/mol. The van der Waals surface area contributed by atoms with Crippen LogP contribution in [0.15, 0.2) is 23.2 Å². The predicted molar refractivity (Wildman–Crippen MR) is 117 cm³/mol. The zero-order chi connectivity index (χ0) is 18.7. The first kappa shape index (κ1) is 21.8. The highest BCUT2D eigenvalue weighted by Gasteiger charge is 2.22. The molecule has 1 aromatic heterocycles. The zero-order valence-electron chi connectivity index (χ0n) is 15.6. The van der Waals surface area contributed by atoms with Crippen LogP contribution in [0.25, 0.3) is 0 Å². The Morgan fingerprint density at radius 1 is 1.22 bits per heavy atom. The number of aromatic nitrogens is 1. The number of halogens is 3. The summed E-state index contributed by atoms with van der Waals surface area (Å²) in [5.74, 6) is -0.0120. The molecule has 27 heavy (non-hydrogen) atoms. The van der Waals surface area contributed by atoms with E-state index in [1.165, 1.54) is 17.0 Å². The Morgan fingerprint density at radius 2 is 1.93 bits per heavy atom. The molecule has 9 heteroatoms. The molecular formula is C18H24F2IN5S. The molecule has 1 aliphatic heterocycles. The van der Waals surface area contributed by atoms with Gasteiger partial charge < -0.3 is 15.1 Å². The molecule has 1 aliphatic rings. The Hall–Kier alpha value is -1.49. The highest BCUT2D eigenvalue weighted by molar-refractivity contribution is 14.0. The van der Waals surface area contributed by atoms with E-state index in [9.17, 15) is 8.78 Å². The Labute approximate surface area is 179 Å².